The number of nitrogens with one attached hydrogen (secondary N) is 1. The fraction of sp³-hybridized carbons (Fsp3) is 0.316. The molecule has 0 saturated heterocycles. The van der Waals surface area contributed by atoms with E-state index in [4.69, 9.17) is 16.3 Å². The van der Waals surface area contributed by atoms with Crippen LogP contribution in [-0.2, 0) is 11.3 Å². The molecule has 0 fully saturated rings. The topological polar surface area (TPSA) is 38.3 Å². The van der Waals surface area contributed by atoms with Gasteiger partial charge in [0.05, 0.1) is 0 Å². The minimum atomic E-state index is -0.569. The maximum Gasteiger partial charge on any atom is 0.261 e. The lowest BCUT2D eigenvalue weighted by Gasteiger charge is -2.16. The van der Waals surface area contributed by atoms with Crippen molar-refractivity contribution in [1.29, 1.82) is 0 Å². The standard InChI is InChI=1S/C19H22ClNO2/c1-12-5-7-16(8-6-12)11-21-19(22)15(4)23-17-9-13(2)18(20)14(3)10-17/h5-10,15H,11H2,1-4H3,(H,21,22)/t15-/m0/s1. The summed E-state index contributed by atoms with van der Waals surface area (Å²) in [6.07, 6.45) is -0.569. The molecular formula is C19H22ClNO2. The van der Waals surface area contributed by atoms with E-state index >= 15 is 0 Å². The van der Waals surface area contributed by atoms with Crippen LogP contribution in [0.3, 0.4) is 0 Å². The maximum atomic E-state index is 12.2. The Kier molecular flexibility index (Phi) is 5.67. The van der Waals surface area contributed by atoms with Gasteiger partial charge in [-0.25, -0.2) is 0 Å². The van der Waals surface area contributed by atoms with Gasteiger partial charge < -0.3 is 10.1 Å². The summed E-state index contributed by atoms with van der Waals surface area (Å²) in [4.78, 5) is 12.2. The van der Waals surface area contributed by atoms with E-state index in [-0.39, 0.29) is 5.91 Å². The van der Waals surface area contributed by atoms with Gasteiger partial charge in [-0.3, -0.25) is 4.79 Å². The van der Waals surface area contributed by atoms with Gasteiger partial charge in [0.25, 0.3) is 5.91 Å². The van der Waals surface area contributed by atoms with Crippen molar-refractivity contribution in [3.8, 4) is 5.75 Å². The summed E-state index contributed by atoms with van der Waals surface area (Å²) in [5.41, 5.74) is 4.14. The average molecular weight is 332 g/mol. The smallest absolute Gasteiger partial charge is 0.261 e. The van der Waals surface area contributed by atoms with E-state index < -0.39 is 6.10 Å². The predicted octanol–water partition coefficient (Wildman–Crippen LogP) is 4.35. The van der Waals surface area contributed by atoms with E-state index in [0.717, 1.165) is 21.7 Å². The zero-order valence-electron chi connectivity index (χ0n) is 13.9. The van der Waals surface area contributed by atoms with Gasteiger partial charge in [0.15, 0.2) is 6.10 Å². The summed E-state index contributed by atoms with van der Waals surface area (Å²) in [5.74, 6) is 0.512. The van der Waals surface area contributed by atoms with Gasteiger partial charge in [-0.2, -0.15) is 0 Å². The monoisotopic (exact) mass is 331 g/mol. The number of amides is 1. The SMILES string of the molecule is Cc1ccc(CNC(=O)[C@H](C)Oc2cc(C)c(Cl)c(C)c2)cc1. The van der Waals surface area contributed by atoms with Gasteiger partial charge in [-0.1, -0.05) is 41.4 Å². The molecule has 0 unspecified atom stereocenters. The molecule has 23 heavy (non-hydrogen) atoms. The lowest BCUT2D eigenvalue weighted by atomic mass is 10.1. The van der Waals surface area contributed by atoms with Crippen LogP contribution >= 0.6 is 11.6 Å². The number of carbonyl (C=O) groups excluding carboxylic acids is 1. The maximum absolute atomic E-state index is 12.2. The molecule has 0 aliphatic carbocycles. The molecule has 1 atom stereocenters. The summed E-state index contributed by atoms with van der Waals surface area (Å²) in [6.45, 7) is 8.11. The second kappa shape index (κ2) is 7.51. The molecule has 0 aliphatic rings. The number of benzene rings is 2. The van der Waals surface area contributed by atoms with Crippen LogP contribution in [0.5, 0.6) is 5.75 Å². The van der Waals surface area contributed by atoms with Crippen molar-refractivity contribution < 1.29 is 9.53 Å². The highest BCUT2D eigenvalue weighted by atomic mass is 35.5. The van der Waals surface area contributed by atoms with Gasteiger partial charge in [-0.15, -0.1) is 0 Å². The molecular weight excluding hydrogens is 310 g/mol. The highest BCUT2D eigenvalue weighted by molar-refractivity contribution is 6.32. The summed E-state index contributed by atoms with van der Waals surface area (Å²) in [5, 5.41) is 3.62. The Bertz CT molecular complexity index is 672. The first-order valence-corrected chi connectivity index (χ1v) is 8.01. The average Bonchev–Trinajstić information content (AvgIpc) is 2.51. The Balaban J connectivity index is 1.93. The molecule has 122 valence electrons. The molecule has 0 spiro atoms. The van der Waals surface area contributed by atoms with Crippen LogP contribution in [0.15, 0.2) is 36.4 Å². The lowest BCUT2D eigenvalue weighted by Crippen LogP contribution is -2.35. The van der Waals surface area contributed by atoms with Crippen LogP contribution in [0.2, 0.25) is 5.02 Å². The molecule has 0 aliphatic heterocycles. The van der Waals surface area contributed by atoms with E-state index in [1.165, 1.54) is 5.56 Å². The summed E-state index contributed by atoms with van der Waals surface area (Å²) in [6, 6.07) is 11.8. The van der Waals surface area contributed by atoms with Crippen LogP contribution in [0, 0.1) is 20.8 Å². The predicted molar refractivity (Wildman–Crippen MR) is 94.0 cm³/mol. The molecule has 0 radical (unpaired) electrons. The van der Waals surface area contributed by atoms with Crippen molar-refractivity contribution in [3.63, 3.8) is 0 Å². The van der Waals surface area contributed by atoms with E-state index in [1.807, 2.05) is 57.2 Å². The van der Waals surface area contributed by atoms with Crippen molar-refractivity contribution in [3.05, 3.63) is 63.7 Å². The lowest BCUT2D eigenvalue weighted by molar-refractivity contribution is -0.127. The molecule has 0 bridgehead atoms. The third-order valence-corrected chi connectivity index (χ3v) is 4.28. The highest BCUT2D eigenvalue weighted by Gasteiger charge is 2.15. The number of hydrogen-bond donors (Lipinski definition) is 1. The van der Waals surface area contributed by atoms with Crippen molar-refractivity contribution in [2.45, 2.75) is 40.3 Å². The number of carbonyl (C=O) groups is 1. The van der Waals surface area contributed by atoms with Crippen LogP contribution in [0.1, 0.15) is 29.2 Å². The Morgan fingerprint density at radius 1 is 1.13 bits per heavy atom. The van der Waals surface area contributed by atoms with Crippen LogP contribution in [0.25, 0.3) is 0 Å². The molecule has 0 heterocycles. The Morgan fingerprint density at radius 2 is 1.70 bits per heavy atom. The van der Waals surface area contributed by atoms with Crippen molar-refractivity contribution in [1.82, 2.24) is 5.32 Å². The Hall–Kier alpha value is -2.00. The second-order valence-corrected chi connectivity index (χ2v) is 6.21. The van der Waals surface area contributed by atoms with Gasteiger partial charge in [0.1, 0.15) is 5.75 Å². The molecule has 3 nitrogen and oxygen atoms in total. The molecule has 0 aromatic heterocycles. The minimum absolute atomic E-state index is 0.143. The number of ether oxygens (including phenoxy) is 1. The zero-order chi connectivity index (χ0) is 17.0. The largest absolute Gasteiger partial charge is 0.481 e. The van der Waals surface area contributed by atoms with Gasteiger partial charge in [0, 0.05) is 11.6 Å². The second-order valence-electron chi connectivity index (χ2n) is 5.83. The number of hydrogen-bond acceptors (Lipinski definition) is 2. The quantitative estimate of drug-likeness (QED) is 0.884. The van der Waals surface area contributed by atoms with Crippen LogP contribution in [-0.4, -0.2) is 12.0 Å². The molecule has 4 heteroatoms. The Labute approximate surface area is 142 Å². The van der Waals surface area contributed by atoms with Gasteiger partial charge in [0.2, 0.25) is 0 Å². The third kappa shape index (κ3) is 4.73. The fourth-order valence-corrected chi connectivity index (χ4v) is 2.38. The van der Waals surface area contributed by atoms with Crippen LogP contribution < -0.4 is 10.1 Å². The molecule has 2 rings (SSSR count). The van der Waals surface area contributed by atoms with E-state index in [1.54, 1.807) is 6.92 Å². The molecule has 1 amide bonds. The Morgan fingerprint density at radius 3 is 2.26 bits per heavy atom. The summed E-state index contributed by atoms with van der Waals surface area (Å²) >= 11 is 6.14. The number of rotatable bonds is 5. The summed E-state index contributed by atoms with van der Waals surface area (Å²) in [7, 11) is 0. The molecule has 2 aromatic carbocycles. The van der Waals surface area contributed by atoms with E-state index in [0.29, 0.717) is 12.3 Å². The van der Waals surface area contributed by atoms with Gasteiger partial charge in [-0.05, 0) is 56.5 Å². The molecule has 0 saturated carbocycles. The van der Waals surface area contributed by atoms with Crippen molar-refractivity contribution in [2.75, 3.05) is 0 Å². The first-order chi connectivity index (χ1) is 10.9. The minimum Gasteiger partial charge on any atom is -0.481 e. The van der Waals surface area contributed by atoms with Crippen molar-refractivity contribution >= 4 is 17.5 Å². The van der Waals surface area contributed by atoms with Crippen LogP contribution in [0.4, 0.5) is 0 Å². The zero-order valence-corrected chi connectivity index (χ0v) is 14.7. The third-order valence-electron chi connectivity index (χ3n) is 3.68. The van der Waals surface area contributed by atoms with Crippen molar-refractivity contribution in [2.24, 2.45) is 0 Å². The number of halogens is 1. The molecule has 2 aromatic rings. The van der Waals surface area contributed by atoms with E-state index in [2.05, 4.69) is 5.32 Å². The summed E-state index contributed by atoms with van der Waals surface area (Å²) < 4.78 is 5.73. The number of aryl methyl sites for hydroxylation is 3. The molecule has 1 N–H and O–H groups in total. The van der Waals surface area contributed by atoms with Gasteiger partial charge >= 0.3 is 0 Å². The fourth-order valence-electron chi connectivity index (χ4n) is 2.27. The van der Waals surface area contributed by atoms with E-state index in [9.17, 15) is 4.79 Å². The highest BCUT2D eigenvalue weighted by Crippen LogP contribution is 2.26. The first kappa shape index (κ1) is 17.4. The normalized spacial score (nSPS) is 11.9. The first-order valence-electron chi connectivity index (χ1n) is 7.63.